The second-order valence-corrected chi connectivity index (χ2v) is 10.5. The highest BCUT2D eigenvalue weighted by Gasteiger charge is 2.21. The Kier molecular flexibility index (Phi) is 12.5. The first-order valence-corrected chi connectivity index (χ1v) is 13.9. The molecule has 0 spiro atoms. The van der Waals surface area contributed by atoms with Gasteiger partial charge in [0.15, 0.2) is 5.96 Å². The molecule has 0 aliphatic rings. The lowest BCUT2D eigenvalue weighted by atomic mass is 10.1. The first-order chi connectivity index (χ1) is 18.6. The van der Waals surface area contributed by atoms with E-state index in [4.69, 9.17) is 15.2 Å². The molecule has 5 N–H and O–H groups in total. The molecule has 0 saturated carbocycles. The number of ether oxygens (including phenoxy) is 2. The molecule has 13 heteroatoms. The van der Waals surface area contributed by atoms with Gasteiger partial charge < -0.3 is 30.7 Å². The van der Waals surface area contributed by atoms with Crippen molar-refractivity contribution in [1.82, 2.24) is 15.4 Å². The van der Waals surface area contributed by atoms with Crippen molar-refractivity contribution in [2.75, 3.05) is 52.3 Å². The van der Waals surface area contributed by atoms with Crippen LogP contribution < -0.4 is 26.0 Å². The van der Waals surface area contributed by atoms with Crippen molar-refractivity contribution in [2.24, 2.45) is 10.7 Å². The molecule has 0 aromatic heterocycles. The summed E-state index contributed by atoms with van der Waals surface area (Å²) in [6.45, 7) is 4.10. The number of carbonyl (C=O) groups is 2. The minimum absolute atomic E-state index is 0.0143. The lowest BCUT2D eigenvalue weighted by Crippen LogP contribution is -2.45. The number of nitrogens with zero attached hydrogens (tertiary/aromatic N) is 2. The Balaban J connectivity index is 1.88. The van der Waals surface area contributed by atoms with Gasteiger partial charge in [0.2, 0.25) is 10.0 Å². The monoisotopic (exact) mass is 562 g/mol. The van der Waals surface area contributed by atoms with Crippen LogP contribution >= 0.6 is 0 Å². The number of esters is 1. The molecule has 0 fully saturated rings. The smallest absolute Gasteiger partial charge is 0.407 e. The molecule has 39 heavy (non-hydrogen) atoms. The highest BCUT2D eigenvalue weighted by molar-refractivity contribution is 7.89. The number of carbonyl (C=O) groups excluding carboxylic acids is 2. The summed E-state index contributed by atoms with van der Waals surface area (Å²) in [6.07, 6.45) is 2.19. The highest BCUT2D eigenvalue weighted by atomic mass is 32.2. The van der Waals surface area contributed by atoms with Gasteiger partial charge in [0, 0.05) is 43.6 Å². The summed E-state index contributed by atoms with van der Waals surface area (Å²) in [4.78, 5) is 29.8. The number of rotatable bonds is 15. The van der Waals surface area contributed by atoms with Crippen molar-refractivity contribution in [1.29, 1.82) is 0 Å². The van der Waals surface area contributed by atoms with E-state index in [-0.39, 0.29) is 37.1 Å². The van der Waals surface area contributed by atoms with Gasteiger partial charge in [-0.15, -0.1) is 0 Å². The number of amides is 1. The Morgan fingerprint density at radius 1 is 1.13 bits per heavy atom. The zero-order valence-electron chi connectivity index (χ0n) is 22.6. The van der Waals surface area contributed by atoms with Crippen LogP contribution in [0.3, 0.4) is 0 Å². The number of unbranched alkanes of at least 4 members (excludes halogenated alkanes) is 1. The molecule has 12 nitrogen and oxygen atoms in total. The van der Waals surface area contributed by atoms with Gasteiger partial charge >= 0.3 is 12.1 Å². The van der Waals surface area contributed by atoms with E-state index in [1.54, 1.807) is 18.2 Å². The Labute approximate surface area is 229 Å². The third-order valence-corrected chi connectivity index (χ3v) is 7.16. The average molecular weight is 563 g/mol. The topological polar surface area (TPSA) is 164 Å². The summed E-state index contributed by atoms with van der Waals surface area (Å²) in [5.74, 6) is -0.507. The number of methoxy groups -OCH3 is 1. The molecule has 2 aromatic rings. The molecular weight excluding hydrogens is 524 g/mol. The van der Waals surface area contributed by atoms with Crippen LogP contribution in [0, 0.1) is 0 Å². The highest BCUT2D eigenvalue weighted by Crippen LogP contribution is 2.30. The number of anilines is 1. The fourth-order valence-corrected chi connectivity index (χ4v) is 5.08. The van der Waals surface area contributed by atoms with Crippen LogP contribution in [0.25, 0.3) is 10.8 Å². The van der Waals surface area contributed by atoms with Gasteiger partial charge in [-0.25, -0.2) is 22.7 Å². The van der Waals surface area contributed by atoms with Crippen molar-refractivity contribution < 1.29 is 27.5 Å². The van der Waals surface area contributed by atoms with Crippen LogP contribution in [0.4, 0.5) is 10.5 Å². The molecule has 1 amide bonds. The Bertz CT molecular complexity index is 1260. The molecule has 0 bridgehead atoms. The Morgan fingerprint density at radius 3 is 2.54 bits per heavy atom. The van der Waals surface area contributed by atoms with E-state index in [2.05, 4.69) is 26.9 Å². The number of fused-ring (bicyclic) bond motifs is 1. The van der Waals surface area contributed by atoms with Crippen molar-refractivity contribution in [3.8, 4) is 0 Å². The summed E-state index contributed by atoms with van der Waals surface area (Å²) < 4.78 is 38.4. The normalized spacial score (nSPS) is 12.4. The van der Waals surface area contributed by atoms with E-state index in [0.29, 0.717) is 24.6 Å². The maximum atomic E-state index is 13.1. The van der Waals surface area contributed by atoms with Crippen LogP contribution in [-0.2, 0) is 24.3 Å². The van der Waals surface area contributed by atoms with Gasteiger partial charge in [-0.3, -0.25) is 4.99 Å². The number of benzene rings is 2. The Morgan fingerprint density at radius 2 is 1.85 bits per heavy atom. The predicted molar refractivity (Wildman–Crippen MR) is 152 cm³/mol. The molecular formula is C26H38N6O6S. The zero-order valence-corrected chi connectivity index (χ0v) is 23.4. The quantitative estimate of drug-likeness (QED) is 0.0831. The van der Waals surface area contributed by atoms with Crippen molar-refractivity contribution in [3.05, 3.63) is 49.1 Å². The lowest BCUT2D eigenvalue weighted by Gasteiger charge is -2.18. The average Bonchev–Trinajstić information content (AvgIpc) is 2.92. The SMILES string of the molecule is C=CCOC(=O)NCCN=C(N)N[C@@H](CCCCNS(=O)(=O)c1cccc2c(N(C)C)cccc12)C(=O)OC. The predicted octanol–water partition coefficient (Wildman–Crippen LogP) is 1.71. The van der Waals surface area contributed by atoms with Crippen LogP contribution in [0.2, 0.25) is 0 Å². The number of nitrogens with two attached hydrogens (primary N) is 1. The van der Waals surface area contributed by atoms with Crippen LogP contribution in [0.1, 0.15) is 19.3 Å². The second kappa shape index (κ2) is 15.5. The van der Waals surface area contributed by atoms with Gasteiger partial charge in [0.25, 0.3) is 0 Å². The number of nitrogens with one attached hydrogen (secondary N) is 3. The van der Waals surface area contributed by atoms with Crippen LogP contribution in [-0.4, -0.2) is 79.9 Å². The van der Waals surface area contributed by atoms with E-state index in [1.807, 2.05) is 37.2 Å². The molecule has 214 valence electrons. The first kappa shape index (κ1) is 31.4. The fraction of sp³-hybridized carbons (Fsp3) is 0.423. The molecule has 0 heterocycles. The summed E-state index contributed by atoms with van der Waals surface area (Å²) in [7, 11) is 1.33. The van der Waals surface area contributed by atoms with Gasteiger partial charge in [0.1, 0.15) is 12.6 Å². The second-order valence-electron chi connectivity index (χ2n) is 8.72. The van der Waals surface area contributed by atoms with E-state index in [1.165, 1.54) is 13.2 Å². The van der Waals surface area contributed by atoms with Gasteiger partial charge in [-0.1, -0.05) is 36.9 Å². The molecule has 2 aromatic carbocycles. The molecule has 0 radical (unpaired) electrons. The lowest BCUT2D eigenvalue weighted by molar-refractivity contribution is -0.142. The fourth-order valence-electron chi connectivity index (χ4n) is 3.78. The minimum Gasteiger partial charge on any atom is -0.467 e. The summed E-state index contributed by atoms with van der Waals surface area (Å²) in [6, 6.07) is 10.0. The third kappa shape index (κ3) is 9.76. The van der Waals surface area contributed by atoms with Crippen LogP contribution in [0.15, 0.2) is 58.9 Å². The van der Waals surface area contributed by atoms with Crippen molar-refractivity contribution in [3.63, 3.8) is 0 Å². The zero-order chi connectivity index (χ0) is 28.8. The molecule has 0 saturated heterocycles. The van der Waals surface area contributed by atoms with Gasteiger partial charge in [0.05, 0.1) is 18.6 Å². The summed E-state index contributed by atoms with van der Waals surface area (Å²) in [5, 5.41) is 6.80. The van der Waals surface area contributed by atoms with Crippen LogP contribution in [0.5, 0.6) is 0 Å². The first-order valence-electron chi connectivity index (χ1n) is 12.4. The molecule has 1 atom stereocenters. The summed E-state index contributed by atoms with van der Waals surface area (Å²) in [5.41, 5.74) is 6.80. The molecule has 0 aliphatic carbocycles. The molecule has 2 rings (SSSR count). The van der Waals surface area contributed by atoms with Crippen molar-refractivity contribution >= 4 is 44.5 Å². The number of hydrogen-bond donors (Lipinski definition) is 4. The number of alkyl carbamates (subject to hydrolysis) is 1. The number of aliphatic imine (C=N–C) groups is 1. The largest absolute Gasteiger partial charge is 0.467 e. The van der Waals surface area contributed by atoms with Crippen molar-refractivity contribution in [2.45, 2.75) is 30.2 Å². The third-order valence-electron chi connectivity index (χ3n) is 5.65. The number of sulfonamides is 1. The number of guanidine groups is 1. The standard InChI is InChI=1S/C26H38N6O6S/c1-5-18-38-26(34)29-17-16-28-25(27)31-21(24(33)37-4)12-6-7-15-30-39(35,36)23-14-9-10-19-20(23)11-8-13-22(19)32(2)3/h5,8-11,13-14,21,30H,1,6-7,12,15-18H2,2-4H3,(H,29,34)(H3,27,28,31)/t21-/m0/s1. The van der Waals surface area contributed by atoms with E-state index in [9.17, 15) is 18.0 Å². The Hall–Kier alpha value is -3.84. The maximum absolute atomic E-state index is 13.1. The van der Waals surface area contributed by atoms with Gasteiger partial charge in [-0.2, -0.15) is 0 Å². The summed E-state index contributed by atoms with van der Waals surface area (Å²) >= 11 is 0. The molecule has 0 aliphatic heterocycles. The number of hydrogen-bond acceptors (Lipinski definition) is 8. The van der Waals surface area contributed by atoms with Gasteiger partial charge in [-0.05, 0) is 31.4 Å². The van der Waals surface area contributed by atoms with E-state index in [0.717, 1.165) is 11.1 Å². The maximum Gasteiger partial charge on any atom is 0.407 e. The van der Waals surface area contributed by atoms with E-state index < -0.39 is 28.1 Å². The minimum atomic E-state index is -3.75. The molecule has 0 unspecified atom stereocenters. The van der Waals surface area contributed by atoms with E-state index >= 15 is 0 Å².